The molecule has 0 saturated carbocycles. The Morgan fingerprint density at radius 2 is 1.86 bits per heavy atom. The van der Waals surface area contributed by atoms with Crippen molar-refractivity contribution in [3.05, 3.63) is 54.6 Å². The molecule has 0 aliphatic rings. The highest BCUT2D eigenvalue weighted by Gasteiger charge is 1.86. The highest BCUT2D eigenvalue weighted by Crippen LogP contribution is 1.97. The molecule has 0 radical (unpaired) electrons. The molecule has 0 aliphatic heterocycles. The number of aryl methyl sites for hydroxylation is 2. The van der Waals surface area contributed by atoms with Gasteiger partial charge in [0, 0.05) is 30.8 Å². The molecule has 0 aliphatic carbocycles. The van der Waals surface area contributed by atoms with Crippen molar-refractivity contribution in [1.82, 2.24) is 9.55 Å². The van der Waals surface area contributed by atoms with Crippen LogP contribution >= 0.6 is 0 Å². The Labute approximate surface area is 85.2 Å². The molecule has 74 valence electrons. The van der Waals surface area contributed by atoms with Gasteiger partial charge < -0.3 is 4.57 Å². The van der Waals surface area contributed by atoms with Crippen LogP contribution in [0.4, 0.5) is 0 Å². The molecule has 2 nitrogen and oxygen atoms in total. The summed E-state index contributed by atoms with van der Waals surface area (Å²) >= 11 is 0. The van der Waals surface area contributed by atoms with Gasteiger partial charge in [0.15, 0.2) is 0 Å². The molecule has 2 aromatic heterocycles. The molecule has 0 aromatic carbocycles. The maximum absolute atomic E-state index is 3.78. The monoisotopic (exact) mass is 188 g/mol. The molecule has 0 unspecified atom stereocenters. The van der Waals surface area contributed by atoms with Crippen molar-refractivity contribution in [1.29, 1.82) is 0 Å². The van der Waals surface area contributed by atoms with Gasteiger partial charge in [-0.1, -0.05) is 6.07 Å². The molecule has 2 heteroatoms. The van der Waals surface area contributed by atoms with Crippen LogP contribution in [0.5, 0.6) is 0 Å². The summed E-state index contributed by atoms with van der Waals surface area (Å²) in [6.07, 6.45) is 5.59. The summed E-state index contributed by atoms with van der Waals surface area (Å²) in [5, 5.41) is 0. The number of pyridine rings is 1. The van der Waals surface area contributed by atoms with Crippen molar-refractivity contribution in [2.45, 2.75) is 20.4 Å². The number of aromatic nitrogens is 2. The summed E-state index contributed by atoms with van der Waals surface area (Å²) < 4.78 is 2.21. The van der Waals surface area contributed by atoms with Crippen molar-refractivity contribution in [3.8, 4) is 0 Å². The summed E-state index contributed by atoms with van der Waals surface area (Å²) in [6, 6.07) is 9.90. The lowest BCUT2D eigenvalue weighted by Crippen LogP contribution is -1.92. The van der Waals surface area contributed by atoms with E-state index in [1.807, 2.05) is 18.2 Å². The Kier molecular flexibility index (Phi) is 4.48. The minimum absolute atomic E-state index is 1.08. The first-order valence-electron chi connectivity index (χ1n) is 4.81. The molecule has 0 atom stereocenters. The first-order valence-corrected chi connectivity index (χ1v) is 4.81. The van der Waals surface area contributed by atoms with E-state index in [0.717, 1.165) is 6.54 Å². The summed E-state index contributed by atoms with van der Waals surface area (Å²) in [5.74, 6) is 0. The van der Waals surface area contributed by atoms with Gasteiger partial charge >= 0.3 is 0 Å². The Morgan fingerprint density at radius 3 is 2.07 bits per heavy atom. The molecule has 2 rings (SSSR count). The third-order valence-electron chi connectivity index (χ3n) is 1.96. The molecule has 0 fully saturated rings. The molecular formula is C12H16N2. The van der Waals surface area contributed by atoms with Crippen LogP contribution in [-0.4, -0.2) is 9.55 Å². The fourth-order valence-corrected chi connectivity index (χ4v) is 1.17. The fourth-order valence-electron chi connectivity index (χ4n) is 1.17. The molecule has 0 bridgehead atoms. The molecule has 2 heterocycles. The second-order valence-electron chi connectivity index (χ2n) is 2.96. The van der Waals surface area contributed by atoms with Gasteiger partial charge in [-0.05, 0) is 38.1 Å². The van der Waals surface area contributed by atoms with E-state index < -0.39 is 0 Å². The highest BCUT2D eigenvalue weighted by molar-refractivity contribution is 5.03. The van der Waals surface area contributed by atoms with E-state index in [9.17, 15) is 0 Å². The van der Waals surface area contributed by atoms with E-state index >= 15 is 0 Å². The third kappa shape index (κ3) is 3.44. The topological polar surface area (TPSA) is 17.8 Å². The van der Waals surface area contributed by atoms with Gasteiger partial charge in [-0.25, -0.2) is 0 Å². The quantitative estimate of drug-likeness (QED) is 0.673. The number of nitrogens with zero attached hydrogens (tertiary/aromatic N) is 2. The van der Waals surface area contributed by atoms with E-state index in [2.05, 4.69) is 41.7 Å². The van der Waals surface area contributed by atoms with Gasteiger partial charge in [-0.15, -0.1) is 0 Å². The Morgan fingerprint density at radius 1 is 1.14 bits per heavy atom. The lowest BCUT2D eigenvalue weighted by molar-refractivity contribution is 0.743. The van der Waals surface area contributed by atoms with E-state index in [0.29, 0.717) is 0 Å². The Balaban J connectivity index is 0.000000146. The number of rotatable bonds is 1. The van der Waals surface area contributed by atoms with Crippen LogP contribution in [0, 0.1) is 6.92 Å². The molecule has 0 saturated heterocycles. The SMILES string of the molecule is CCn1cccc1C.c1ccncc1. The van der Waals surface area contributed by atoms with Gasteiger partial charge in [0.05, 0.1) is 0 Å². The summed E-state index contributed by atoms with van der Waals surface area (Å²) in [6.45, 7) is 5.34. The first kappa shape index (κ1) is 10.5. The maximum Gasteiger partial charge on any atom is 0.0267 e. The molecule has 0 amide bonds. The normalized spacial score (nSPS) is 9.00. The highest BCUT2D eigenvalue weighted by atomic mass is 14.9. The smallest absolute Gasteiger partial charge is 0.0267 e. The van der Waals surface area contributed by atoms with Crippen LogP contribution in [0.15, 0.2) is 48.9 Å². The van der Waals surface area contributed by atoms with Gasteiger partial charge in [-0.3, -0.25) is 4.98 Å². The van der Waals surface area contributed by atoms with Crippen LogP contribution in [-0.2, 0) is 6.54 Å². The zero-order valence-corrected chi connectivity index (χ0v) is 8.72. The van der Waals surface area contributed by atoms with Crippen molar-refractivity contribution >= 4 is 0 Å². The van der Waals surface area contributed by atoms with E-state index in [1.54, 1.807) is 12.4 Å². The van der Waals surface area contributed by atoms with Crippen LogP contribution < -0.4 is 0 Å². The van der Waals surface area contributed by atoms with Gasteiger partial charge in [0.2, 0.25) is 0 Å². The fraction of sp³-hybridized carbons (Fsp3) is 0.250. The van der Waals surface area contributed by atoms with Crippen LogP contribution in [0.1, 0.15) is 12.6 Å². The number of hydrogen-bond acceptors (Lipinski definition) is 1. The van der Waals surface area contributed by atoms with E-state index in [4.69, 9.17) is 0 Å². The molecular weight excluding hydrogens is 172 g/mol. The second-order valence-corrected chi connectivity index (χ2v) is 2.96. The largest absolute Gasteiger partial charge is 0.352 e. The van der Waals surface area contributed by atoms with Gasteiger partial charge in [0.1, 0.15) is 0 Å². The average molecular weight is 188 g/mol. The zero-order chi connectivity index (χ0) is 10.2. The Hall–Kier alpha value is -1.57. The minimum Gasteiger partial charge on any atom is -0.352 e. The van der Waals surface area contributed by atoms with Gasteiger partial charge in [-0.2, -0.15) is 0 Å². The molecule has 0 spiro atoms. The third-order valence-corrected chi connectivity index (χ3v) is 1.96. The van der Waals surface area contributed by atoms with E-state index in [1.165, 1.54) is 5.69 Å². The summed E-state index contributed by atoms with van der Waals surface area (Å²) in [7, 11) is 0. The summed E-state index contributed by atoms with van der Waals surface area (Å²) in [5.41, 5.74) is 1.34. The zero-order valence-electron chi connectivity index (χ0n) is 8.72. The molecule has 2 aromatic rings. The van der Waals surface area contributed by atoms with Crippen LogP contribution in [0.3, 0.4) is 0 Å². The maximum atomic E-state index is 3.78. The lowest BCUT2D eigenvalue weighted by atomic mass is 10.5. The van der Waals surface area contributed by atoms with Crippen molar-refractivity contribution in [3.63, 3.8) is 0 Å². The average Bonchev–Trinajstić information content (AvgIpc) is 2.67. The predicted molar refractivity (Wildman–Crippen MR) is 59.1 cm³/mol. The second kappa shape index (κ2) is 5.97. The molecule has 14 heavy (non-hydrogen) atoms. The van der Waals surface area contributed by atoms with Crippen molar-refractivity contribution in [2.75, 3.05) is 0 Å². The summed E-state index contributed by atoms with van der Waals surface area (Å²) in [4.78, 5) is 3.78. The van der Waals surface area contributed by atoms with E-state index in [-0.39, 0.29) is 0 Å². The first-order chi connectivity index (χ1) is 6.84. The molecule has 0 N–H and O–H groups in total. The Bertz CT molecular complexity index is 312. The van der Waals surface area contributed by atoms with Crippen molar-refractivity contribution in [2.24, 2.45) is 0 Å². The van der Waals surface area contributed by atoms with Crippen LogP contribution in [0.2, 0.25) is 0 Å². The number of hydrogen-bond donors (Lipinski definition) is 0. The van der Waals surface area contributed by atoms with Crippen LogP contribution in [0.25, 0.3) is 0 Å². The lowest BCUT2D eigenvalue weighted by Gasteiger charge is -1.97. The van der Waals surface area contributed by atoms with Gasteiger partial charge in [0.25, 0.3) is 0 Å². The minimum atomic E-state index is 1.08. The van der Waals surface area contributed by atoms with Crippen molar-refractivity contribution < 1.29 is 0 Å². The standard InChI is InChI=1S/C7H11N.C5H5N/c1-3-8-6-4-5-7(8)2;1-2-4-6-5-3-1/h4-6H,3H2,1-2H3;1-5H. The predicted octanol–water partition coefficient (Wildman–Crippen LogP) is 2.90.